The van der Waals surface area contributed by atoms with E-state index in [1.165, 1.54) is 49.4 Å². The number of benzene rings is 2. The van der Waals surface area contributed by atoms with Crippen LogP contribution in [-0.4, -0.2) is 47.2 Å². The van der Waals surface area contributed by atoms with Gasteiger partial charge in [0.1, 0.15) is 0 Å². The minimum Gasteiger partial charge on any atom is -0.481 e. The van der Waals surface area contributed by atoms with E-state index in [2.05, 4.69) is 14.6 Å². The smallest absolute Gasteiger partial charge is 0.481 e. The van der Waals surface area contributed by atoms with E-state index < -0.39 is 39.4 Å². The minimum absolute atomic E-state index is 0.0399. The number of nitrogens with zero attached hydrogens (tertiary/aromatic N) is 2. The van der Waals surface area contributed by atoms with Crippen LogP contribution in [0.4, 0.5) is 13.2 Å². The minimum atomic E-state index is -6.01. The third-order valence-corrected chi connectivity index (χ3v) is 6.38. The van der Waals surface area contributed by atoms with Crippen molar-refractivity contribution in [1.29, 1.82) is 0 Å². The number of nitrogens with one attached hydrogen (secondary N) is 1. The molecule has 0 saturated carbocycles. The molecule has 0 saturated heterocycles. The van der Waals surface area contributed by atoms with Crippen LogP contribution in [0.15, 0.2) is 48.5 Å². The van der Waals surface area contributed by atoms with Crippen LogP contribution in [0.3, 0.4) is 0 Å². The van der Waals surface area contributed by atoms with Gasteiger partial charge in [-0.2, -0.15) is 26.7 Å². The van der Waals surface area contributed by atoms with Crippen LogP contribution < -0.4 is 9.50 Å². The molecule has 0 aliphatic carbocycles. The molecule has 2 N–H and O–H groups in total. The first-order valence-corrected chi connectivity index (χ1v) is 12.5. The average molecular weight is 580 g/mol. The second-order valence-electron chi connectivity index (χ2n) is 7.65. The normalized spacial score (nSPS) is 12.7. The van der Waals surface area contributed by atoms with Crippen LogP contribution in [0.5, 0.6) is 5.88 Å². The number of rotatable bonds is 9. The second kappa shape index (κ2) is 11.0. The van der Waals surface area contributed by atoms with Gasteiger partial charge in [0.2, 0.25) is 5.88 Å². The summed E-state index contributed by atoms with van der Waals surface area (Å²) in [4.78, 5) is 22.7. The fourth-order valence-corrected chi connectivity index (χ4v) is 4.13. The molecule has 3 aromatic rings. The van der Waals surface area contributed by atoms with E-state index in [0.29, 0.717) is 11.1 Å². The predicted octanol–water partition coefficient (Wildman–Crippen LogP) is 4.90. The summed E-state index contributed by atoms with van der Waals surface area (Å²) in [5, 5.41) is 15.8. The lowest BCUT2D eigenvalue weighted by molar-refractivity contribution is -0.136. The van der Waals surface area contributed by atoms with E-state index in [4.69, 9.17) is 28.3 Å². The van der Waals surface area contributed by atoms with Crippen LogP contribution >= 0.6 is 23.2 Å². The Balaban J connectivity index is 1.97. The van der Waals surface area contributed by atoms with Gasteiger partial charge in [0, 0.05) is 33.8 Å². The standard InChI is InChI=1S/C22H18Cl2F3N3O6S/c1-12(13-2-4-14(5-3-13)21(33)28-7-6-20(31)32)30-19(36-37(34,35)22(25,26)27)11-18(29-30)15-8-16(23)10-17(24)9-15/h2-5,8-12H,6-7H2,1H3,(H,28,33)(H,31,32). The molecule has 0 aliphatic rings. The number of carbonyl (C=O) groups excluding carboxylic acids is 1. The number of carbonyl (C=O) groups is 2. The van der Waals surface area contributed by atoms with Crippen LogP contribution in [0.1, 0.15) is 35.3 Å². The number of halogens is 5. The molecule has 0 fully saturated rings. The molecule has 1 unspecified atom stereocenters. The van der Waals surface area contributed by atoms with Crippen LogP contribution in [0.25, 0.3) is 11.3 Å². The van der Waals surface area contributed by atoms with Gasteiger partial charge in [-0.1, -0.05) is 35.3 Å². The van der Waals surface area contributed by atoms with E-state index in [1.54, 1.807) is 0 Å². The first kappa shape index (κ1) is 28.3. The Morgan fingerprint density at radius 2 is 1.70 bits per heavy atom. The summed E-state index contributed by atoms with van der Waals surface area (Å²) in [6.45, 7) is 1.45. The molecular formula is C22H18Cl2F3N3O6S. The zero-order valence-corrected chi connectivity index (χ0v) is 21.1. The van der Waals surface area contributed by atoms with Crippen molar-refractivity contribution in [2.24, 2.45) is 0 Å². The van der Waals surface area contributed by atoms with Gasteiger partial charge in [-0.25, -0.2) is 4.68 Å². The molecule has 15 heteroatoms. The quantitative estimate of drug-likeness (QED) is 0.272. The van der Waals surface area contributed by atoms with E-state index in [0.717, 1.165) is 10.7 Å². The highest BCUT2D eigenvalue weighted by molar-refractivity contribution is 7.87. The van der Waals surface area contributed by atoms with E-state index in [1.807, 2.05) is 0 Å². The number of alkyl halides is 3. The Labute approximate surface area is 218 Å². The highest BCUT2D eigenvalue weighted by Crippen LogP contribution is 2.34. The lowest BCUT2D eigenvalue weighted by Crippen LogP contribution is -2.29. The van der Waals surface area contributed by atoms with E-state index in [-0.39, 0.29) is 34.3 Å². The van der Waals surface area contributed by atoms with Crippen molar-refractivity contribution < 1.29 is 40.5 Å². The molecule has 1 aromatic heterocycles. The molecule has 1 amide bonds. The summed E-state index contributed by atoms with van der Waals surface area (Å²) in [6, 6.07) is 10.2. The SMILES string of the molecule is CC(c1ccc(C(=O)NCCC(=O)O)cc1)n1nc(-c2cc(Cl)cc(Cl)c2)cc1OS(=O)(=O)C(F)(F)F. The van der Waals surface area contributed by atoms with Crippen molar-refractivity contribution in [3.05, 3.63) is 69.7 Å². The topological polar surface area (TPSA) is 128 Å². The summed E-state index contributed by atoms with van der Waals surface area (Å²) in [5.41, 5.74) is -4.70. The number of hydrogen-bond acceptors (Lipinski definition) is 6. The molecule has 0 aliphatic heterocycles. The van der Waals surface area contributed by atoms with Crippen molar-refractivity contribution in [1.82, 2.24) is 15.1 Å². The maximum absolute atomic E-state index is 13.0. The fourth-order valence-electron chi connectivity index (χ4n) is 3.16. The Hall–Kier alpha value is -3.29. The summed E-state index contributed by atoms with van der Waals surface area (Å²) in [5.74, 6) is -2.32. The Kier molecular flexibility index (Phi) is 8.40. The Morgan fingerprint density at radius 3 is 2.24 bits per heavy atom. The molecule has 9 nitrogen and oxygen atoms in total. The third-order valence-electron chi connectivity index (χ3n) is 4.98. The monoisotopic (exact) mass is 579 g/mol. The van der Waals surface area contributed by atoms with E-state index in [9.17, 15) is 31.2 Å². The number of carboxylic acid groups (broad SMARTS) is 1. The van der Waals surface area contributed by atoms with Crippen molar-refractivity contribution in [2.45, 2.75) is 24.9 Å². The van der Waals surface area contributed by atoms with Crippen molar-refractivity contribution in [3.63, 3.8) is 0 Å². The second-order valence-corrected chi connectivity index (χ2v) is 10.1. The molecule has 0 spiro atoms. The molecule has 1 atom stereocenters. The van der Waals surface area contributed by atoms with Gasteiger partial charge < -0.3 is 14.6 Å². The maximum Gasteiger partial charge on any atom is 0.534 e. The van der Waals surface area contributed by atoms with Gasteiger partial charge >= 0.3 is 21.6 Å². The van der Waals surface area contributed by atoms with Crippen molar-refractivity contribution in [2.75, 3.05) is 6.54 Å². The largest absolute Gasteiger partial charge is 0.534 e. The van der Waals surface area contributed by atoms with Gasteiger partial charge in [-0.15, -0.1) is 0 Å². The number of aliphatic carboxylic acids is 1. The summed E-state index contributed by atoms with van der Waals surface area (Å²) < 4.78 is 67.8. The number of aromatic nitrogens is 2. The van der Waals surface area contributed by atoms with E-state index >= 15 is 0 Å². The predicted molar refractivity (Wildman–Crippen MR) is 128 cm³/mol. The number of amides is 1. The van der Waals surface area contributed by atoms with Crippen molar-refractivity contribution >= 4 is 45.2 Å². The zero-order valence-electron chi connectivity index (χ0n) is 18.8. The maximum atomic E-state index is 13.0. The van der Waals surface area contributed by atoms with Gasteiger partial charge in [0.05, 0.1) is 18.2 Å². The zero-order chi connectivity index (χ0) is 27.5. The van der Waals surface area contributed by atoms with Crippen LogP contribution in [0.2, 0.25) is 10.0 Å². The lowest BCUT2D eigenvalue weighted by atomic mass is 10.1. The average Bonchev–Trinajstić information content (AvgIpc) is 3.20. The summed E-state index contributed by atoms with van der Waals surface area (Å²) >= 11 is 12.0. The Morgan fingerprint density at radius 1 is 1.11 bits per heavy atom. The number of hydrogen-bond donors (Lipinski definition) is 2. The van der Waals surface area contributed by atoms with Crippen LogP contribution in [-0.2, 0) is 14.9 Å². The molecule has 2 aromatic carbocycles. The summed E-state index contributed by atoms with van der Waals surface area (Å²) in [6.07, 6.45) is -0.260. The molecule has 1 heterocycles. The molecule has 3 rings (SSSR count). The first-order chi connectivity index (χ1) is 17.2. The van der Waals surface area contributed by atoms with Gasteiger partial charge in [0.25, 0.3) is 5.91 Å². The summed E-state index contributed by atoms with van der Waals surface area (Å²) in [7, 11) is -6.01. The molecule has 37 heavy (non-hydrogen) atoms. The fraction of sp³-hybridized carbons (Fsp3) is 0.227. The number of carboxylic acids is 1. The van der Waals surface area contributed by atoms with Gasteiger partial charge in [-0.3, -0.25) is 9.59 Å². The lowest BCUT2D eigenvalue weighted by Gasteiger charge is -2.17. The van der Waals surface area contributed by atoms with Crippen LogP contribution in [0, 0.1) is 0 Å². The van der Waals surface area contributed by atoms with Gasteiger partial charge in [0.15, 0.2) is 0 Å². The third kappa shape index (κ3) is 6.93. The first-order valence-electron chi connectivity index (χ1n) is 10.3. The van der Waals surface area contributed by atoms with Gasteiger partial charge in [-0.05, 0) is 42.8 Å². The van der Waals surface area contributed by atoms with Crippen molar-refractivity contribution in [3.8, 4) is 17.1 Å². The highest BCUT2D eigenvalue weighted by atomic mass is 35.5. The molecule has 0 radical (unpaired) electrons. The highest BCUT2D eigenvalue weighted by Gasteiger charge is 2.49. The Bertz CT molecular complexity index is 1410. The molecule has 198 valence electrons. The molecule has 0 bridgehead atoms. The molecular weight excluding hydrogens is 562 g/mol.